The average Bonchev–Trinajstić information content (AvgIpc) is 3.40. The van der Waals surface area contributed by atoms with Crippen LogP contribution in [0.25, 0.3) is 0 Å². The predicted molar refractivity (Wildman–Crippen MR) is 132 cm³/mol. The normalized spacial score (nSPS) is 23.9. The number of carbonyl (C=O) groups excluding carboxylic acids is 2. The standard InChI is InChI=1S/C29H30FNO5/c1-17-26(29(33)36-16-23-4-3-13-35-23)27(19-7-11-22(34-2)12-8-19)28-24(31-17)14-20(15-25(28)32)18-5-9-21(30)10-6-18/h5-12,20,23,27,31H,3-4,13-16H2,1-2H3/t20-,23-,27+/m0/s1. The second-order valence-corrected chi connectivity index (χ2v) is 9.58. The van der Waals surface area contributed by atoms with Gasteiger partial charge in [0.1, 0.15) is 18.2 Å². The van der Waals surface area contributed by atoms with Crippen molar-refractivity contribution in [3.05, 3.63) is 88.0 Å². The van der Waals surface area contributed by atoms with Gasteiger partial charge in [-0.3, -0.25) is 4.79 Å². The van der Waals surface area contributed by atoms with Crippen LogP contribution in [0, 0.1) is 5.82 Å². The largest absolute Gasteiger partial charge is 0.497 e. The number of dihydropyridines is 1. The third-order valence-electron chi connectivity index (χ3n) is 7.26. The summed E-state index contributed by atoms with van der Waals surface area (Å²) >= 11 is 0. The van der Waals surface area contributed by atoms with Gasteiger partial charge in [-0.15, -0.1) is 0 Å². The van der Waals surface area contributed by atoms with E-state index in [1.165, 1.54) is 12.1 Å². The molecular weight excluding hydrogens is 461 g/mol. The summed E-state index contributed by atoms with van der Waals surface area (Å²) in [5.74, 6) is -0.711. The number of benzene rings is 2. The van der Waals surface area contributed by atoms with E-state index < -0.39 is 11.9 Å². The highest BCUT2D eigenvalue weighted by Gasteiger charge is 2.41. The average molecular weight is 492 g/mol. The molecule has 1 aliphatic carbocycles. The molecule has 1 N–H and O–H groups in total. The van der Waals surface area contributed by atoms with Crippen LogP contribution in [0.15, 0.2) is 71.1 Å². The van der Waals surface area contributed by atoms with Crippen LogP contribution < -0.4 is 10.1 Å². The zero-order valence-electron chi connectivity index (χ0n) is 20.5. The molecule has 0 saturated carbocycles. The molecule has 36 heavy (non-hydrogen) atoms. The summed E-state index contributed by atoms with van der Waals surface area (Å²) in [6.45, 7) is 2.71. The highest BCUT2D eigenvalue weighted by molar-refractivity contribution is 6.04. The maximum atomic E-state index is 13.6. The molecule has 0 unspecified atom stereocenters. The van der Waals surface area contributed by atoms with Gasteiger partial charge in [-0.2, -0.15) is 0 Å². The van der Waals surface area contributed by atoms with Crippen molar-refractivity contribution in [1.82, 2.24) is 5.32 Å². The Bertz CT molecular complexity index is 1210. The first-order chi connectivity index (χ1) is 17.4. The minimum atomic E-state index is -0.550. The molecule has 0 spiro atoms. The fourth-order valence-corrected chi connectivity index (χ4v) is 5.43. The third-order valence-corrected chi connectivity index (χ3v) is 7.26. The predicted octanol–water partition coefficient (Wildman–Crippen LogP) is 4.92. The van der Waals surface area contributed by atoms with Gasteiger partial charge in [-0.1, -0.05) is 24.3 Å². The number of ketones is 1. The number of esters is 1. The highest BCUT2D eigenvalue weighted by Crippen LogP contribution is 2.46. The van der Waals surface area contributed by atoms with E-state index in [1.54, 1.807) is 19.2 Å². The molecular formula is C29H30FNO5. The van der Waals surface area contributed by atoms with Crippen molar-refractivity contribution < 1.29 is 28.2 Å². The quantitative estimate of drug-likeness (QED) is 0.579. The van der Waals surface area contributed by atoms with Gasteiger partial charge in [0, 0.05) is 35.9 Å². The van der Waals surface area contributed by atoms with E-state index in [2.05, 4.69) is 5.32 Å². The smallest absolute Gasteiger partial charge is 0.336 e. The lowest BCUT2D eigenvalue weighted by molar-refractivity contribution is -0.142. The van der Waals surface area contributed by atoms with E-state index in [9.17, 15) is 14.0 Å². The van der Waals surface area contributed by atoms with Crippen LogP contribution in [0.1, 0.15) is 55.6 Å². The number of Topliss-reactive ketones (excluding diaryl/α,β-unsaturated/α-hetero) is 1. The van der Waals surface area contributed by atoms with Crippen molar-refractivity contribution in [3.8, 4) is 5.75 Å². The molecule has 1 fully saturated rings. The molecule has 2 aromatic carbocycles. The molecule has 1 saturated heterocycles. The molecule has 2 aromatic rings. The number of halogens is 1. The number of ether oxygens (including phenoxy) is 3. The maximum absolute atomic E-state index is 13.6. The van der Waals surface area contributed by atoms with E-state index >= 15 is 0 Å². The summed E-state index contributed by atoms with van der Waals surface area (Å²) in [5, 5.41) is 3.35. The van der Waals surface area contributed by atoms with Gasteiger partial charge >= 0.3 is 5.97 Å². The summed E-state index contributed by atoms with van der Waals surface area (Å²) < 4.78 is 30.1. The summed E-state index contributed by atoms with van der Waals surface area (Å²) in [7, 11) is 1.60. The molecule has 5 rings (SSSR count). The Morgan fingerprint density at radius 3 is 2.47 bits per heavy atom. The van der Waals surface area contributed by atoms with E-state index in [0.717, 1.165) is 29.7 Å². The second-order valence-electron chi connectivity index (χ2n) is 9.58. The summed E-state index contributed by atoms with van der Waals surface area (Å²) in [4.78, 5) is 27.0. The SMILES string of the molecule is COc1ccc([C@@H]2C(C(=O)OC[C@@H]3CCCO3)=C(C)NC3=C2C(=O)C[C@@H](c2ccc(F)cc2)C3)cc1. The monoisotopic (exact) mass is 491 g/mol. The number of methoxy groups -OCH3 is 1. The van der Waals surface area contributed by atoms with Crippen LogP contribution in [0.4, 0.5) is 4.39 Å². The lowest BCUT2D eigenvalue weighted by Crippen LogP contribution is -2.36. The van der Waals surface area contributed by atoms with Gasteiger partial charge in [0.25, 0.3) is 0 Å². The van der Waals surface area contributed by atoms with Crippen molar-refractivity contribution in [2.75, 3.05) is 20.3 Å². The number of nitrogens with one attached hydrogen (secondary N) is 1. The Morgan fingerprint density at radius 1 is 1.08 bits per heavy atom. The number of carbonyl (C=O) groups is 2. The Kier molecular flexibility index (Phi) is 6.92. The van der Waals surface area contributed by atoms with Gasteiger partial charge in [0.2, 0.25) is 0 Å². The molecule has 6 nitrogen and oxygen atoms in total. The topological polar surface area (TPSA) is 73.9 Å². The van der Waals surface area contributed by atoms with Crippen molar-refractivity contribution in [2.24, 2.45) is 0 Å². The van der Waals surface area contributed by atoms with Crippen molar-refractivity contribution in [1.29, 1.82) is 0 Å². The molecule has 0 aromatic heterocycles. The Hall–Kier alpha value is -3.45. The van der Waals surface area contributed by atoms with Gasteiger partial charge in [-0.05, 0) is 67.5 Å². The van der Waals surface area contributed by atoms with Gasteiger partial charge in [0.15, 0.2) is 5.78 Å². The molecule has 0 amide bonds. The fraction of sp³-hybridized carbons (Fsp3) is 0.379. The summed E-state index contributed by atoms with van der Waals surface area (Å²) in [5.41, 5.74) is 4.23. The minimum absolute atomic E-state index is 0.0316. The van der Waals surface area contributed by atoms with Crippen LogP contribution in [-0.4, -0.2) is 38.2 Å². The van der Waals surface area contributed by atoms with Crippen LogP contribution in [0.5, 0.6) is 5.75 Å². The zero-order chi connectivity index (χ0) is 25.2. The Labute approximate surface area is 210 Å². The van der Waals surface area contributed by atoms with E-state index in [0.29, 0.717) is 35.6 Å². The zero-order valence-corrected chi connectivity index (χ0v) is 20.5. The molecule has 7 heteroatoms. The highest BCUT2D eigenvalue weighted by atomic mass is 19.1. The first-order valence-corrected chi connectivity index (χ1v) is 12.4. The third kappa shape index (κ3) is 4.80. The van der Waals surface area contributed by atoms with Crippen LogP contribution >= 0.6 is 0 Å². The number of rotatable bonds is 6. The minimum Gasteiger partial charge on any atom is -0.497 e. The molecule has 188 valence electrons. The van der Waals surface area contributed by atoms with E-state index in [1.807, 2.05) is 31.2 Å². The lowest BCUT2D eigenvalue weighted by Gasteiger charge is -2.36. The molecule has 0 bridgehead atoms. The number of hydrogen-bond acceptors (Lipinski definition) is 6. The van der Waals surface area contributed by atoms with E-state index in [-0.39, 0.29) is 36.7 Å². The van der Waals surface area contributed by atoms with Gasteiger partial charge in [0.05, 0.1) is 18.8 Å². The number of allylic oxidation sites excluding steroid dienone is 3. The first kappa shape index (κ1) is 24.3. The molecule has 3 atom stereocenters. The van der Waals surface area contributed by atoms with Crippen molar-refractivity contribution in [3.63, 3.8) is 0 Å². The van der Waals surface area contributed by atoms with Crippen LogP contribution in [0.3, 0.4) is 0 Å². The second kappa shape index (κ2) is 10.3. The Balaban J connectivity index is 1.49. The van der Waals surface area contributed by atoms with Crippen LogP contribution in [0.2, 0.25) is 0 Å². The summed E-state index contributed by atoms with van der Waals surface area (Å²) in [6.07, 6.45) is 2.61. The number of hydrogen-bond donors (Lipinski definition) is 1. The van der Waals surface area contributed by atoms with Crippen LogP contribution in [-0.2, 0) is 19.1 Å². The maximum Gasteiger partial charge on any atom is 0.336 e. The van der Waals surface area contributed by atoms with Gasteiger partial charge < -0.3 is 19.5 Å². The lowest BCUT2D eigenvalue weighted by atomic mass is 9.71. The molecule has 2 heterocycles. The van der Waals surface area contributed by atoms with Crippen molar-refractivity contribution in [2.45, 2.75) is 50.5 Å². The molecule has 2 aliphatic heterocycles. The molecule has 0 radical (unpaired) electrons. The fourth-order valence-electron chi connectivity index (χ4n) is 5.43. The van der Waals surface area contributed by atoms with Gasteiger partial charge in [-0.25, -0.2) is 9.18 Å². The van der Waals surface area contributed by atoms with Crippen molar-refractivity contribution >= 4 is 11.8 Å². The molecule has 3 aliphatic rings. The summed E-state index contributed by atoms with van der Waals surface area (Å²) in [6, 6.07) is 13.8. The Morgan fingerprint density at radius 2 is 1.81 bits per heavy atom. The van der Waals surface area contributed by atoms with E-state index in [4.69, 9.17) is 14.2 Å². The first-order valence-electron chi connectivity index (χ1n) is 12.4.